The van der Waals surface area contributed by atoms with E-state index in [1.165, 1.54) is 30.0 Å². The number of anilines is 2. The zero-order valence-corrected chi connectivity index (χ0v) is 21.6. The van der Waals surface area contributed by atoms with Crippen molar-refractivity contribution in [2.75, 3.05) is 30.1 Å². The third kappa shape index (κ3) is 6.55. The van der Waals surface area contributed by atoms with Crippen LogP contribution in [-0.4, -0.2) is 39.5 Å². The minimum absolute atomic E-state index is 0.00562. The van der Waals surface area contributed by atoms with Crippen molar-refractivity contribution in [1.82, 2.24) is 0 Å². The van der Waals surface area contributed by atoms with Crippen LogP contribution in [0.1, 0.15) is 33.1 Å². The van der Waals surface area contributed by atoms with Crippen molar-refractivity contribution < 1.29 is 31.5 Å². The molecule has 35 heavy (non-hydrogen) atoms. The van der Waals surface area contributed by atoms with E-state index in [4.69, 9.17) is 4.74 Å². The fourth-order valence-electron chi connectivity index (χ4n) is 3.95. The van der Waals surface area contributed by atoms with Gasteiger partial charge in [0.2, 0.25) is 5.83 Å². The Balaban J connectivity index is 2.12. The van der Waals surface area contributed by atoms with Crippen molar-refractivity contribution in [3.63, 3.8) is 0 Å². The minimum atomic E-state index is -3.73. The maximum absolute atomic E-state index is 14.0. The summed E-state index contributed by atoms with van der Waals surface area (Å²) in [6, 6.07) is 8.96. The molecule has 0 saturated carbocycles. The molecule has 0 amide bonds. The summed E-state index contributed by atoms with van der Waals surface area (Å²) in [5, 5.41) is 0. The highest BCUT2D eigenvalue weighted by molar-refractivity contribution is 7.98. The van der Waals surface area contributed by atoms with Gasteiger partial charge in [0, 0.05) is 18.3 Å². The number of carbonyl (C=O) groups excluding carboxylic acids is 1. The summed E-state index contributed by atoms with van der Waals surface area (Å²) in [4.78, 5) is 14.0. The van der Waals surface area contributed by atoms with Crippen molar-refractivity contribution in [3.8, 4) is 5.75 Å². The van der Waals surface area contributed by atoms with Crippen molar-refractivity contribution in [2.45, 2.75) is 42.9 Å². The Morgan fingerprint density at radius 1 is 1.23 bits per heavy atom. The lowest BCUT2D eigenvalue weighted by Gasteiger charge is -2.28. The highest BCUT2D eigenvalue weighted by Gasteiger charge is 2.33. The summed E-state index contributed by atoms with van der Waals surface area (Å²) in [5.74, 6) is -2.87. The number of unbranched alkanes of at least 4 members (excludes halogenated alkanes) is 1. The Morgan fingerprint density at radius 2 is 1.94 bits per heavy atom. The predicted molar refractivity (Wildman–Crippen MR) is 133 cm³/mol. The number of benzene rings is 2. The molecule has 1 aliphatic heterocycles. The molecule has 0 aliphatic carbocycles. The van der Waals surface area contributed by atoms with Crippen molar-refractivity contribution in [3.05, 3.63) is 54.3 Å². The van der Waals surface area contributed by atoms with Crippen molar-refractivity contribution in [2.24, 2.45) is 5.92 Å². The van der Waals surface area contributed by atoms with Gasteiger partial charge in [-0.1, -0.05) is 19.8 Å². The summed E-state index contributed by atoms with van der Waals surface area (Å²) < 4.78 is 64.6. The summed E-state index contributed by atoms with van der Waals surface area (Å²) in [5.41, 5.74) is 1.11. The van der Waals surface area contributed by atoms with Gasteiger partial charge in [0.1, 0.15) is 17.8 Å². The monoisotopic (exact) mass is 525 g/mol. The van der Waals surface area contributed by atoms with Crippen LogP contribution in [0.15, 0.2) is 58.3 Å². The molecule has 10 heteroatoms. The van der Waals surface area contributed by atoms with Gasteiger partial charge in [-0.25, -0.2) is 17.6 Å². The van der Waals surface area contributed by atoms with Crippen LogP contribution in [-0.2, 0) is 19.4 Å². The lowest BCUT2D eigenvalue weighted by atomic mass is 10.0. The number of esters is 1. The van der Waals surface area contributed by atoms with E-state index in [-0.39, 0.29) is 34.7 Å². The molecule has 0 aromatic heterocycles. The Hall–Kier alpha value is -2.59. The van der Waals surface area contributed by atoms with E-state index in [9.17, 15) is 22.0 Å². The lowest BCUT2D eigenvalue weighted by molar-refractivity contribution is -0.140. The number of fused-ring (bicyclic) bond motifs is 1. The summed E-state index contributed by atoms with van der Waals surface area (Å²) >= 11 is 1.29. The third-order valence-electron chi connectivity index (χ3n) is 5.63. The topological polar surface area (TPSA) is 72.9 Å². The van der Waals surface area contributed by atoms with Gasteiger partial charge < -0.3 is 14.4 Å². The number of halogens is 2. The number of carbonyl (C=O) groups is 1. The molecule has 2 aromatic carbocycles. The highest BCUT2D eigenvalue weighted by atomic mass is 32.2. The third-order valence-corrected chi connectivity index (χ3v) is 8.30. The van der Waals surface area contributed by atoms with Gasteiger partial charge in [0.05, 0.1) is 27.8 Å². The standard InChI is InChI=1S/C25H29F2NO5S2/c1-4-6-7-17-14-28(19-10-8-18(26)9-11-19)21-12-23(34-3)22(13-24(21)35(30,31)16-17)33-15-20(27)25(29)32-5-2/h8-13,15,17H,4-7,14,16H2,1-3H3/b20-15-/t17-/m1/s1. The average Bonchev–Trinajstić information content (AvgIpc) is 2.94. The van der Waals surface area contributed by atoms with Gasteiger partial charge in [-0.3, -0.25) is 0 Å². The van der Waals surface area contributed by atoms with Crippen LogP contribution in [0.25, 0.3) is 0 Å². The highest BCUT2D eigenvalue weighted by Crippen LogP contribution is 2.43. The normalized spacial score (nSPS) is 17.5. The van der Waals surface area contributed by atoms with Crippen LogP contribution < -0.4 is 9.64 Å². The first kappa shape index (κ1) is 27.0. The number of hydrogen-bond donors (Lipinski definition) is 0. The van der Waals surface area contributed by atoms with Gasteiger partial charge in [-0.05, 0) is 55.9 Å². The molecule has 6 nitrogen and oxygen atoms in total. The second kappa shape index (κ2) is 11.9. The SMILES string of the molecule is CCCC[C@@H]1CN(c2ccc(F)cc2)c2cc(SC)c(O/C=C(\F)C(=O)OCC)cc2S(=O)(=O)C1. The number of thioether (sulfide) groups is 1. The molecule has 1 atom stereocenters. The van der Waals surface area contributed by atoms with Crippen molar-refractivity contribution >= 4 is 38.9 Å². The van der Waals surface area contributed by atoms with Crippen LogP contribution in [0.2, 0.25) is 0 Å². The van der Waals surface area contributed by atoms with Crippen molar-refractivity contribution in [1.29, 1.82) is 0 Å². The summed E-state index contributed by atoms with van der Waals surface area (Å²) in [7, 11) is -3.73. The number of nitrogens with zero attached hydrogens (tertiary/aromatic N) is 1. The van der Waals surface area contributed by atoms with Gasteiger partial charge in [-0.15, -0.1) is 11.8 Å². The molecule has 1 heterocycles. The Kier molecular flexibility index (Phi) is 9.18. The number of rotatable bonds is 9. The second-order valence-corrected chi connectivity index (χ2v) is 11.0. The average molecular weight is 526 g/mol. The molecule has 3 rings (SSSR count). The van der Waals surface area contributed by atoms with Crippen LogP contribution in [0, 0.1) is 11.7 Å². The minimum Gasteiger partial charge on any atom is -0.461 e. The molecule has 0 N–H and O–H groups in total. The van der Waals surface area contributed by atoms with E-state index in [0.717, 1.165) is 19.3 Å². The first-order chi connectivity index (χ1) is 16.7. The van der Waals surface area contributed by atoms with E-state index in [2.05, 4.69) is 11.7 Å². The maximum Gasteiger partial charge on any atom is 0.370 e. The fourth-order valence-corrected chi connectivity index (χ4v) is 6.33. The van der Waals surface area contributed by atoms with Crippen LogP contribution in [0.3, 0.4) is 0 Å². The maximum atomic E-state index is 14.0. The Bertz CT molecular complexity index is 1180. The number of hydrogen-bond acceptors (Lipinski definition) is 7. The first-order valence-electron chi connectivity index (χ1n) is 11.4. The van der Waals surface area contributed by atoms with E-state index in [1.807, 2.05) is 4.90 Å². The molecular weight excluding hydrogens is 496 g/mol. The number of sulfone groups is 1. The van der Waals surface area contributed by atoms with Crippen LogP contribution in [0.4, 0.5) is 20.2 Å². The second-order valence-electron chi connectivity index (χ2n) is 8.15. The first-order valence-corrected chi connectivity index (χ1v) is 14.2. The molecule has 0 saturated heterocycles. The van der Waals surface area contributed by atoms with E-state index >= 15 is 0 Å². The molecule has 1 aliphatic rings. The molecule has 190 valence electrons. The molecule has 0 radical (unpaired) electrons. The molecular formula is C25H29F2NO5S2. The zero-order valence-electron chi connectivity index (χ0n) is 19.9. The predicted octanol–water partition coefficient (Wildman–Crippen LogP) is 6.03. The largest absolute Gasteiger partial charge is 0.461 e. The van der Waals surface area contributed by atoms with Crippen LogP contribution >= 0.6 is 11.8 Å². The van der Waals surface area contributed by atoms with E-state index < -0.39 is 21.6 Å². The summed E-state index contributed by atoms with van der Waals surface area (Å²) in [6.45, 7) is 4.06. The van der Waals surface area contributed by atoms with E-state index in [1.54, 1.807) is 31.4 Å². The fraction of sp³-hybridized carbons (Fsp3) is 0.400. The number of ether oxygens (including phenoxy) is 2. The summed E-state index contributed by atoms with van der Waals surface area (Å²) in [6.07, 6.45) is 4.94. The Labute approximate surface area is 209 Å². The van der Waals surface area contributed by atoms with Crippen LogP contribution in [0.5, 0.6) is 5.75 Å². The Morgan fingerprint density at radius 3 is 2.57 bits per heavy atom. The molecule has 0 spiro atoms. The van der Waals surface area contributed by atoms with Gasteiger partial charge in [-0.2, -0.15) is 4.39 Å². The molecule has 2 aromatic rings. The smallest absolute Gasteiger partial charge is 0.370 e. The zero-order chi connectivity index (χ0) is 25.6. The molecule has 0 bridgehead atoms. The molecule has 0 fully saturated rings. The van der Waals surface area contributed by atoms with E-state index in [0.29, 0.717) is 29.1 Å². The van der Waals surface area contributed by atoms with Gasteiger partial charge in [0.25, 0.3) is 0 Å². The van der Waals surface area contributed by atoms with Gasteiger partial charge >= 0.3 is 5.97 Å². The van der Waals surface area contributed by atoms with Gasteiger partial charge in [0.15, 0.2) is 9.84 Å². The molecule has 0 unspecified atom stereocenters. The lowest BCUT2D eigenvalue weighted by Crippen LogP contribution is -2.26. The quantitative estimate of drug-likeness (QED) is 0.171.